The van der Waals surface area contributed by atoms with Gasteiger partial charge >= 0.3 is 0 Å². The molecule has 0 N–H and O–H groups in total. The Hall–Kier alpha value is -2.79. The minimum Gasteiger partial charge on any atom is -0.491 e. The maximum Gasteiger partial charge on any atom is 0.213 e. The quantitative estimate of drug-likeness (QED) is 0.444. The summed E-state index contributed by atoms with van der Waals surface area (Å²) in [6.45, 7) is 4.07. The molecule has 0 bridgehead atoms. The van der Waals surface area contributed by atoms with Crippen molar-refractivity contribution in [3.8, 4) is 11.5 Å². The van der Waals surface area contributed by atoms with Gasteiger partial charge in [0.15, 0.2) is 0 Å². The van der Waals surface area contributed by atoms with Gasteiger partial charge < -0.3 is 9.47 Å². The predicted octanol–water partition coefficient (Wildman–Crippen LogP) is 6.48. The molecule has 0 spiro atoms. The number of benzene rings is 3. The van der Waals surface area contributed by atoms with Crippen molar-refractivity contribution in [2.75, 3.05) is 0 Å². The summed E-state index contributed by atoms with van der Waals surface area (Å²) in [5, 5.41) is 7.14. The molecule has 0 aromatic heterocycles. The van der Waals surface area contributed by atoms with Crippen LogP contribution in [0.4, 0.5) is 0 Å². The molecular formula is C25H23BrN2O2. The van der Waals surface area contributed by atoms with Crippen LogP contribution in [0, 0.1) is 0 Å². The van der Waals surface area contributed by atoms with E-state index in [1.54, 1.807) is 0 Å². The van der Waals surface area contributed by atoms with Crippen LogP contribution in [0.5, 0.6) is 11.5 Å². The molecule has 2 aliphatic rings. The third-order valence-electron chi connectivity index (χ3n) is 5.40. The van der Waals surface area contributed by atoms with Gasteiger partial charge in [-0.1, -0.05) is 46.3 Å². The molecule has 30 heavy (non-hydrogen) atoms. The number of rotatable bonds is 4. The predicted molar refractivity (Wildman–Crippen MR) is 122 cm³/mol. The van der Waals surface area contributed by atoms with Crippen molar-refractivity contribution in [2.24, 2.45) is 5.10 Å². The Kier molecular flexibility index (Phi) is 4.99. The molecule has 0 radical (unpaired) electrons. The van der Waals surface area contributed by atoms with Gasteiger partial charge in [0, 0.05) is 22.0 Å². The zero-order chi connectivity index (χ0) is 20.7. The van der Waals surface area contributed by atoms with Gasteiger partial charge in [-0.2, -0.15) is 5.10 Å². The van der Waals surface area contributed by atoms with Crippen LogP contribution >= 0.6 is 15.9 Å². The summed E-state index contributed by atoms with van der Waals surface area (Å²) < 4.78 is 13.2. The Morgan fingerprint density at radius 3 is 2.53 bits per heavy atom. The second-order valence-electron chi connectivity index (χ2n) is 7.90. The van der Waals surface area contributed by atoms with Crippen LogP contribution in [-0.2, 0) is 0 Å². The molecule has 0 saturated carbocycles. The second-order valence-corrected chi connectivity index (χ2v) is 8.82. The van der Waals surface area contributed by atoms with Crippen molar-refractivity contribution < 1.29 is 9.47 Å². The molecule has 0 saturated heterocycles. The van der Waals surface area contributed by atoms with Gasteiger partial charge in [-0.05, 0) is 61.9 Å². The van der Waals surface area contributed by atoms with E-state index in [0.29, 0.717) is 0 Å². The first kappa shape index (κ1) is 19.2. The highest BCUT2D eigenvalue weighted by molar-refractivity contribution is 9.10. The molecule has 2 aliphatic heterocycles. The number of hydrogen-bond donors (Lipinski definition) is 0. The first-order valence-electron chi connectivity index (χ1n) is 10.2. The third kappa shape index (κ3) is 3.58. The summed E-state index contributed by atoms with van der Waals surface area (Å²) in [6, 6.07) is 24.9. The van der Waals surface area contributed by atoms with E-state index in [1.165, 1.54) is 0 Å². The van der Waals surface area contributed by atoms with Gasteiger partial charge in [0.1, 0.15) is 11.5 Å². The van der Waals surface area contributed by atoms with Crippen molar-refractivity contribution >= 4 is 21.6 Å². The first-order valence-corrected chi connectivity index (χ1v) is 11.0. The standard InChI is InChI=1S/C25H23BrN2O2/c1-16(2)29-20-11-8-17(9-12-20)22-15-23-21-14-19(26)10-13-24(21)30-25(28(23)27-22)18-6-4-3-5-7-18/h3-14,16,23,25H,15H2,1-2H3/t23-,25-/m1/s1. The van der Waals surface area contributed by atoms with Crippen LogP contribution in [0.2, 0.25) is 0 Å². The highest BCUT2D eigenvalue weighted by Crippen LogP contribution is 2.48. The molecule has 3 aromatic carbocycles. The molecule has 152 valence electrons. The lowest BCUT2D eigenvalue weighted by molar-refractivity contribution is -0.0190. The number of halogens is 1. The summed E-state index contributed by atoms with van der Waals surface area (Å²) >= 11 is 3.61. The number of hydrogen-bond acceptors (Lipinski definition) is 4. The van der Waals surface area contributed by atoms with Gasteiger partial charge in [-0.25, -0.2) is 5.01 Å². The Bertz CT molecular complexity index is 1080. The maximum atomic E-state index is 6.41. The zero-order valence-electron chi connectivity index (χ0n) is 17.0. The van der Waals surface area contributed by atoms with Crippen LogP contribution in [0.15, 0.2) is 82.4 Å². The zero-order valence-corrected chi connectivity index (χ0v) is 18.5. The molecule has 5 rings (SSSR count). The minimum absolute atomic E-state index is 0.137. The van der Waals surface area contributed by atoms with Gasteiger partial charge in [-0.3, -0.25) is 0 Å². The Morgan fingerprint density at radius 1 is 1.03 bits per heavy atom. The fourth-order valence-electron chi connectivity index (χ4n) is 4.07. The van der Waals surface area contributed by atoms with E-state index in [4.69, 9.17) is 14.6 Å². The highest BCUT2D eigenvalue weighted by Gasteiger charge is 2.41. The van der Waals surface area contributed by atoms with Gasteiger partial charge in [0.05, 0.1) is 17.9 Å². The van der Waals surface area contributed by atoms with Crippen molar-refractivity contribution in [3.63, 3.8) is 0 Å². The molecule has 0 fully saturated rings. The Labute approximate surface area is 185 Å². The Balaban J connectivity index is 1.52. The summed E-state index contributed by atoms with van der Waals surface area (Å²) in [5.41, 5.74) is 4.44. The fraction of sp³-hybridized carbons (Fsp3) is 0.240. The summed E-state index contributed by atoms with van der Waals surface area (Å²) in [5.74, 6) is 1.80. The van der Waals surface area contributed by atoms with Crippen LogP contribution in [-0.4, -0.2) is 16.8 Å². The van der Waals surface area contributed by atoms with Crippen molar-refractivity contribution in [3.05, 3.63) is 94.0 Å². The average molecular weight is 463 g/mol. The lowest BCUT2D eigenvalue weighted by Gasteiger charge is -2.38. The van der Waals surface area contributed by atoms with E-state index in [-0.39, 0.29) is 18.4 Å². The minimum atomic E-state index is -0.245. The Morgan fingerprint density at radius 2 is 1.80 bits per heavy atom. The first-order chi connectivity index (χ1) is 14.6. The molecule has 2 atom stereocenters. The number of ether oxygens (including phenoxy) is 2. The fourth-order valence-corrected chi connectivity index (χ4v) is 4.45. The van der Waals surface area contributed by atoms with Gasteiger partial charge in [0.2, 0.25) is 6.23 Å². The van der Waals surface area contributed by atoms with Crippen molar-refractivity contribution in [2.45, 2.75) is 38.6 Å². The van der Waals surface area contributed by atoms with E-state index in [0.717, 1.165) is 44.8 Å². The second kappa shape index (κ2) is 7.80. The number of nitrogens with zero attached hydrogens (tertiary/aromatic N) is 2. The normalized spacial score (nSPS) is 19.7. The van der Waals surface area contributed by atoms with Crippen LogP contribution in [0.1, 0.15) is 49.2 Å². The topological polar surface area (TPSA) is 34.1 Å². The van der Waals surface area contributed by atoms with Crippen molar-refractivity contribution in [1.29, 1.82) is 0 Å². The molecule has 0 aliphatic carbocycles. The smallest absolute Gasteiger partial charge is 0.213 e. The lowest BCUT2D eigenvalue weighted by Crippen LogP contribution is -2.33. The third-order valence-corrected chi connectivity index (χ3v) is 5.89. The number of hydrazone groups is 1. The van der Waals surface area contributed by atoms with Gasteiger partial charge in [-0.15, -0.1) is 0 Å². The van der Waals surface area contributed by atoms with Crippen molar-refractivity contribution in [1.82, 2.24) is 5.01 Å². The maximum absolute atomic E-state index is 6.41. The molecule has 5 heteroatoms. The monoisotopic (exact) mass is 462 g/mol. The highest BCUT2D eigenvalue weighted by atomic mass is 79.9. The summed E-state index contributed by atoms with van der Waals surface area (Å²) in [7, 11) is 0. The van der Waals surface area contributed by atoms with E-state index >= 15 is 0 Å². The molecule has 0 unspecified atom stereocenters. The van der Waals surface area contributed by atoms with Crippen LogP contribution < -0.4 is 9.47 Å². The molecule has 0 amide bonds. The van der Waals surface area contributed by atoms with E-state index in [2.05, 4.69) is 51.3 Å². The summed E-state index contributed by atoms with van der Waals surface area (Å²) in [6.07, 6.45) is 0.749. The molecule has 4 nitrogen and oxygen atoms in total. The molecule has 3 aromatic rings. The van der Waals surface area contributed by atoms with Crippen LogP contribution in [0.25, 0.3) is 0 Å². The van der Waals surface area contributed by atoms with Crippen LogP contribution in [0.3, 0.4) is 0 Å². The summed E-state index contributed by atoms with van der Waals surface area (Å²) in [4.78, 5) is 0. The number of fused-ring (bicyclic) bond motifs is 3. The molecule has 2 heterocycles. The van der Waals surface area contributed by atoms with Gasteiger partial charge in [0.25, 0.3) is 0 Å². The van der Waals surface area contributed by atoms with E-state index < -0.39 is 0 Å². The largest absolute Gasteiger partial charge is 0.491 e. The SMILES string of the molecule is CC(C)Oc1ccc(C2=NN3[C@H](C2)c2cc(Br)ccc2O[C@@H]3c2ccccc2)cc1. The molecular weight excluding hydrogens is 440 g/mol. The lowest BCUT2D eigenvalue weighted by atomic mass is 9.96. The van der Waals surface area contributed by atoms with E-state index in [1.807, 2.05) is 56.3 Å². The van der Waals surface area contributed by atoms with E-state index in [9.17, 15) is 0 Å². The average Bonchev–Trinajstić information content (AvgIpc) is 3.20.